The summed E-state index contributed by atoms with van der Waals surface area (Å²) < 4.78 is 38.5. The zero-order valence-electron chi connectivity index (χ0n) is 16.7. The van der Waals surface area contributed by atoms with E-state index >= 15 is 0 Å². The first-order valence-corrected chi connectivity index (χ1v) is 10.8. The molecule has 32 heavy (non-hydrogen) atoms. The highest BCUT2D eigenvalue weighted by molar-refractivity contribution is 7.98. The maximum absolute atomic E-state index is 12.8. The van der Waals surface area contributed by atoms with Gasteiger partial charge in [0.05, 0.1) is 38.5 Å². The summed E-state index contributed by atoms with van der Waals surface area (Å²) in [4.78, 5) is 28.1. The topological polar surface area (TPSA) is 83.6 Å². The van der Waals surface area contributed by atoms with E-state index in [0.29, 0.717) is 22.1 Å². The van der Waals surface area contributed by atoms with Gasteiger partial charge in [-0.2, -0.15) is 13.2 Å². The second-order valence-corrected chi connectivity index (χ2v) is 8.04. The second kappa shape index (κ2) is 8.44. The molecule has 3 heterocycles. The monoisotopic (exact) mass is 477 g/mol. The van der Waals surface area contributed by atoms with Crippen LogP contribution in [0.4, 0.5) is 18.9 Å². The SMILES string of the molecule is CSc1cc2nc(-c3cc(NC(=O)c4ccc(C(F)(F)F)nc4C)ccc3Cl)[nH]c2cn1. The van der Waals surface area contributed by atoms with E-state index in [9.17, 15) is 18.0 Å². The summed E-state index contributed by atoms with van der Waals surface area (Å²) in [5, 5.41) is 3.90. The molecule has 4 rings (SSSR count). The van der Waals surface area contributed by atoms with E-state index in [1.54, 1.807) is 24.4 Å². The number of thioether (sulfide) groups is 1. The number of halogens is 4. The van der Waals surface area contributed by atoms with Crippen molar-refractivity contribution in [1.29, 1.82) is 0 Å². The van der Waals surface area contributed by atoms with E-state index in [1.807, 2.05) is 12.3 Å². The average molecular weight is 478 g/mol. The normalized spacial score (nSPS) is 11.7. The summed E-state index contributed by atoms with van der Waals surface area (Å²) in [5.41, 5.74) is 1.36. The number of imidazole rings is 1. The van der Waals surface area contributed by atoms with Crippen molar-refractivity contribution in [1.82, 2.24) is 19.9 Å². The summed E-state index contributed by atoms with van der Waals surface area (Å²) in [6.07, 6.45) is -0.986. The quantitative estimate of drug-likeness (QED) is 0.353. The molecule has 0 spiro atoms. The number of alkyl halides is 3. The molecule has 0 atom stereocenters. The van der Waals surface area contributed by atoms with Gasteiger partial charge in [0.1, 0.15) is 11.5 Å². The van der Waals surface area contributed by atoms with Crippen molar-refractivity contribution >= 4 is 46.0 Å². The lowest BCUT2D eigenvalue weighted by Gasteiger charge is -2.11. The highest BCUT2D eigenvalue weighted by Crippen LogP contribution is 2.31. The molecule has 0 unspecified atom stereocenters. The van der Waals surface area contributed by atoms with Gasteiger partial charge in [-0.25, -0.2) is 15.0 Å². The maximum atomic E-state index is 12.8. The van der Waals surface area contributed by atoms with Crippen molar-refractivity contribution in [2.45, 2.75) is 18.1 Å². The Morgan fingerprint density at radius 3 is 2.62 bits per heavy atom. The van der Waals surface area contributed by atoms with Gasteiger partial charge in [0.25, 0.3) is 5.91 Å². The molecule has 2 N–H and O–H groups in total. The Morgan fingerprint density at radius 1 is 1.16 bits per heavy atom. The van der Waals surface area contributed by atoms with Gasteiger partial charge in [-0.15, -0.1) is 11.8 Å². The zero-order valence-corrected chi connectivity index (χ0v) is 18.3. The van der Waals surface area contributed by atoms with Gasteiger partial charge in [-0.05, 0) is 49.6 Å². The number of nitrogens with one attached hydrogen (secondary N) is 2. The fourth-order valence-electron chi connectivity index (χ4n) is 3.07. The molecule has 0 radical (unpaired) electrons. The van der Waals surface area contributed by atoms with Crippen molar-refractivity contribution in [3.63, 3.8) is 0 Å². The van der Waals surface area contributed by atoms with E-state index < -0.39 is 17.8 Å². The zero-order chi connectivity index (χ0) is 23.0. The number of aromatic amines is 1. The van der Waals surface area contributed by atoms with Crippen molar-refractivity contribution in [2.24, 2.45) is 0 Å². The fourth-order valence-corrected chi connectivity index (χ4v) is 3.67. The molecule has 0 aliphatic heterocycles. The van der Waals surface area contributed by atoms with Crippen LogP contribution in [0.25, 0.3) is 22.4 Å². The van der Waals surface area contributed by atoms with Crippen molar-refractivity contribution in [3.05, 3.63) is 64.6 Å². The highest BCUT2D eigenvalue weighted by Gasteiger charge is 2.33. The number of amides is 1. The maximum Gasteiger partial charge on any atom is 0.433 e. The largest absolute Gasteiger partial charge is 0.433 e. The molecule has 0 aliphatic rings. The van der Waals surface area contributed by atoms with Crippen molar-refractivity contribution in [2.75, 3.05) is 11.6 Å². The number of carbonyl (C=O) groups is 1. The molecule has 1 aromatic carbocycles. The van der Waals surface area contributed by atoms with Crippen LogP contribution in [0, 0.1) is 6.92 Å². The highest BCUT2D eigenvalue weighted by atomic mass is 35.5. The second-order valence-electron chi connectivity index (χ2n) is 6.81. The molecule has 0 fully saturated rings. The number of pyridine rings is 2. The van der Waals surface area contributed by atoms with Gasteiger partial charge in [-0.3, -0.25) is 4.79 Å². The van der Waals surface area contributed by atoms with Gasteiger partial charge in [0, 0.05) is 11.3 Å². The molecule has 3 aromatic heterocycles. The Balaban J connectivity index is 1.63. The van der Waals surface area contributed by atoms with E-state index in [-0.39, 0.29) is 11.3 Å². The summed E-state index contributed by atoms with van der Waals surface area (Å²) in [5.74, 6) is -0.0936. The number of hydrogen-bond donors (Lipinski definition) is 2. The van der Waals surface area contributed by atoms with Gasteiger partial charge in [0.15, 0.2) is 0 Å². The molecule has 4 aromatic rings. The summed E-state index contributed by atoms with van der Waals surface area (Å²) in [6.45, 7) is 1.35. The van der Waals surface area contributed by atoms with Crippen LogP contribution in [-0.2, 0) is 6.18 Å². The molecule has 0 saturated heterocycles. The Bertz CT molecular complexity index is 1340. The molecular formula is C21H15ClF3N5OS. The van der Waals surface area contributed by atoms with E-state index in [0.717, 1.165) is 28.2 Å². The lowest BCUT2D eigenvalue weighted by atomic mass is 10.1. The third kappa shape index (κ3) is 4.42. The summed E-state index contributed by atoms with van der Waals surface area (Å²) in [7, 11) is 0. The minimum atomic E-state index is -4.58. The number of anilines is 1. The third-order valence-corrected chi connectivity index (χ3v) is 5.62. The number of carbonyl (C=O) groups excluding carboxylic acids is 1. The number of hydrogen-bond acceptors (Lipinski definition) is 5. The number of rotatable bonds is 4. The first-order chi connectivity index (χ1) is 15.2. The Hall–Kier alpha value is -3.11. The van der Waals surface area contributed by atoms with Gasteiger partial charge >= 0.3 is 6.18 Å². The Morgan fingerprint density at radius 2 is 1.94 bits per heavy atom. The number of H-pyrrole nitrogens is 1. The van der Waals surface area contributed by atoms with Crippen LogP contribution in [0.2, 0.25) is 5.02 Å². The predicted molar refractivity (Wildman–Crippen MR) is 118 cm³/mol. The van der Waals surface area contributed by atoms with Gasteiger partial charge in [-0.1, -0.05) is 11.6 Å². The molecule has 11 heteroatoms. The van der Waals surface area contributed by atoms with Crippen LogP contribution in [0.3, 0.4) is 0 Å². The van der Waals surface area contributed by atoms with Crippen LogP contribution in [-0.4, -0.2) is 32.1 Å². The number of benzene rings is 1. The van der Waals surface area contributed by atoms with Gasteiger partial charge < -0.3 is 10.3 Å². The first-order valence-electron chi connectivity index (χ1n) is 9.21. The van der Waals surface area contributed by atoms with E-state index in [1.165, 1.54) is 18.7 Å². The van der Waals surface area contributed by atoms with Gasteiger partial charge in [0.2, 0.25) is 0 Å². The number of nitrogens with zero attached hydrogens (tertiary/aromatic N) is 3. The molecule has 1 amide bonds. The molecular weight excluding hydrogens is 463 g/mol. The van der Waals surface area contributed by atoms with E-state index in [4.69, 9.17) is 11.6 Å². The molecule has 0 bridgehead atoms. The van der Waals surface area contributed by atoms with Crippen LogP contribution in [0.1, 0.15) is 21.7 Å². The van der Waals surface area contributed by atoms with Crippen molar-refractivity contribution < 1.29 is 18.0 Å². The predicted octanol–water partition coefficient (Wildman–Crippen LogP) is 5.97. The number of aryl methyl sites for hydroxylation is 1. The van der Waals surface area contributed by atoms with Crippen LogP contribution in [0.5, 0.6) is 0 Å². The Labute approximate surface area is 189 Å². The minimum Gasteiger partial charge on any atom is -0.337 e. The Kier molecular flexibility index (Phi) is 5.83. The molecule has 0 saturated carbocycles. The average Bonchev–Trinajstić information content (AvgIpc) is 3.17. The summed E-state index contributed by atoms with van der Waals surface area (Å²) in [6, 6.07) is 8.55. The lowest BCUT2D eigenvalue weighted by Crippen LogP contribution is -2.16. The molecule has 0 aliphatic carbocycles. The van der Waals surface area contributed by atoms with Crippen LogP contribution in [0.15, 0.2) is 47.6 Å². The molecule has 164 valence electrons. The number of fused-ring (bicyclic) bond motifs is 1. The van der Waals surface area contributed by atoms with E-state index in [2.05, 4.69) is 25.3 Å². The van der Waals surface area contributed by atoms with Crippen LogP contribution < -0.4 is 5.32 Å². The third-order valence-electron chi connectivity index (χ3n) is 4.65. The van der Waals surface area contributed by atoms with Crippen LogP contribution >= 0.6 is 23.4 Å². The first kappa shape index (κ1) is 22.1. The molecule has 6 nitrogen and oxygen atoms in total. The lowest BCUT2D eigenvalue weighted by molar-refractivity contribution is -0.141. The van der Waals surface area contributed by atoms with Crippen molar-refractivity contribution in [3.8, 4) is 11.4 Å². The smallest absolute Gasteiger partial charge is 0.337 e. The standard InChI is InChI=1S/C21H15ClF3N5OS/c1-10-12(4-6-17(27-10)21(23,24)25)20(31)28-11-3-5-14(22)13(7-11)19-29-15-8-18(32-2)26-9-16(15)30-19/h3-9H,1-2H3,(H,28,31)(H,29,30). The number of aromatic nitrogens is 4. The minimum absolute atomic E-state index is 0.0269. The summed E-state index contributed by atoms with van der Waals surface area (Å²) >= 11 is 7.84. The fraction of sp³-hybridized carbons (Fsp3) is 0.143.